The smallest absolute Gasteiger partial charge is 0.270 e. The first-order chi connectivity index (χ1) is 14.1. The Morgan fingerprint density at radius 1 is 1.07 bits per heavy atom. The Kier molecular flexibility index (Phi) is 6.79. The fourth-order valence-electron chi connectivity index (χ4n) is 3.17. The molecule has 0 aliphatic rings. The lowest BCUT2D eigenvalue weighted by molar-refractivity contribution is 0.0949. The highest BCUT2D eigenvalue weighted by Gasteiger charge is 2.11. The van der Waals surface area contributed by atoms with E-state index in [9.17, 15) is 4.79 Å². The monoisotopic (exact) mass is 390 g/mol. The van der Waals surface area contributed by atoms with E-state index in [1.807, 2.05) is 43.3 Å². The summed E-state index contributed by atoms with van der Waals surface area (Å²) >= 11 is 0. The summed E-state index contributed by atoms with van der Waals surface area (Å²) < 4.78 is 5.35. The van der Waals surface area contributed by atoms with E-state index in [1.54, 1.807) is 19.4 Å². The number of hydrogen-bond acceptors (Lipinski definition) is 5. The first kappa shape index (κ1) is 20.3. The van der Waals surface area contributed by atoms with Gasteiger partial charge in [0.1, 0.15) is 11.4 Å². The summed E-state index contributed by atoms with van der Waals surface area (Å²) in [5.74, 6) is 0.998. The maximum absolute atomic E-state index is 12.5. The molecular formula is C23H26N4O2. The predicted molar refractivity (Wildman–Crippen MR) is 115 cm³/mol. The third-order valence-electron chi connectivity index (χ3n) is 4.74. The van der Waals surface area contributed by atoms with Gasteiger partial charge in [0.15, 0.2) is 0 Å². The number of amides is 1. The Hall–Kier alpha value is -3.41. The molecule has 0 saturated heterocycles. The van der Waals surface area contributed by atoms with Crippen molar-refractivity contribution in [1.82, 2.24) is 15.3 Å². The summed E-state index contributed by atoms with van der Waals surface area (Å²) in [6, 6.07) is 15.5. The Balaban J connectivity index is 1.65. The number of nitrogens with zero attached hydrogens (tertiary/aromatic N) is 2. The van der Waals surface area contributed by atoms with Crippen molar-refractivity contribution in [3.8, 4) is 5.75 Å². The number of benzene rings is 2. The lowest BCUT2D eigenvalue weighted by atomic mass is 10.1. The van der Waals surface area contributed by atoms with Gasteiger partial charge in [0.25, 0.3) is 5.91 Å². The summed E-state index contributed by atoms with van der Waals surface area (Å²) in [4.78, 5) is 21.2. The van der Waals surface area contributed by atoms with Crippen molar-refractivity contribution in [2.24, 2.45) is 0 Å². The number of carbonyl (C=O) groups excluding carboxylic acids is 1. The number of carbonyl (C=O) groups is 1. The number of aryl methyl sites for hydroxylation is 2. The minimum Gasteiger partial charge on any atom is -0.496 e. The molecule has 0 spiro atoms. The first-order valence-corrected chi connectivity index (χ1v) is 9.71. The topological polar surface area (TPSA) is 76.1 Å². The third kappa shape index (κ3) is 5.10. The number of anilines is 2. The molecule has 0 atom stereocenters. The summed E-state index contributed by atoms with van der Waals surface area (Å²) in [5, 5.41) is 6.18. The van der Waals surface area contributed by atoms with Gasteiger partial charge in [-0.1, -0.05) is 43.3 Å². The van der Waals surface area contributed by atoms with Crippen LogP contribution in [0.3, 0.4) is 0 Å². The fraction of sp³-hybridized carbons (Fsp3) is 0.261. The highest BCUT2D eigenvalue weighted by molar-refractivity contribution is 5.92. The van der Waals surface area contributed by atoms with Crippen molar-refractivity contribution < 1.29 is 9.53 Å². The molecule has 0 aliphatic heterocycles. The molecule has 3 aromatic rings. The molecule has 0 unspecified atom stereocenters. The molecule has 29 heavy (non-hydrogen) atoms. The summed E-state index contributed by atoms with van der Waals surface area (Å²) in [5.41, 5.74) is 4.66. The molecule has 1 heterocycles. The molecule has 2 aromatic carbocycles. The van der Waals surface area contributed by atoms with E-state index in [1.165, 1.54) is 5.56 Å². The second-order valence-electron chi connectivity index (χ2n) is 6.67. The first-order valence-electron chi connectivity index (χ1n) is 9.71. The molecule has 0 radical (unpaired) electrons. The molecule has 0 saturated carbocycles. The van der Waals surface area contributed by atoms with Crippen molar-refractivity contribution in [1.29, 1.82) is 0 Å². The van der Waals surface area contributed by atoms with Crippen LogP contribution in [0.15, 0.2) is 54.7 Å². The average Bonchev–Trinajstić information content (AvgIpc) is 2.75. The lowest BCUT2D eigenvalue weighted by Gasteiger charge is -2.13. The van der Waals surface area contributed by atoms with Crippen LogP contribution in [0.25, 0.3) is 0 Å². The van der Waals surface area contributed by atoms with Crippen LogP contribution < -0.4 is 15.4 Å². The Labute approximate surface area is 171 Å². The maximum Gasteiger partial charge on any atom is 0.270 e. The molecule has 3 rings (SSSR count). The molecule has 1 aromatic heterocycles. The summed E-state index contributed by atoms with van der Waals surface area (Å²) in [7, 11) is 1.64. The van der Waals surface area contributed by atoms with Gasteiger partial charge in [0, 0.05) is 18.4 Å². The van der Waals surface area contributed by atoms with Crippen LogP contribution in [-0.4, -0.2) is 29.5 Å². The molecule has 1 amide bonds. The third-order valence-corrected chi connectivity index (χ3v) is 4.74. The normalized spacial score (nSPS) is 10.4. The zero-order valence-corrected chi connectivity index (χ0v) is 17.0. The van der Waals surface area contributed by atoms with Crippen LogP contribution in [0.5, 0.6) is 5.75 Å². The standard InChI is InChI=1S/C23H26N4O2/c1-4-17-10-7-8-16(2)21(17)27-23-25-15-13-19(26-23)22(28)24-14-12-18-9-5-6-11-20(18)29-3/h5-11,13,15H,4,12,14H2,1-3H3,(H,24,28)(H,25,26,27). The van der Waals surface area contributed by atoms with Crippen LogP contribution in [0.4, 0.5) is 11.6 Å². The van der Waals surface area contributed by atoms with Gasteiger partial charge in [0.2, 0.25) is 5.95 Å². The van der Waals surface area contributed by atoms with E-state index in [0.717, 1.165) is 29.0 Å². The van der Waals surface area contributed by atoms with Gasteiger partial charge in [-0.05, 0) is 48.6 Å². The minimum atomic E-state index is -0.231. The van der Waals surface area contributed by atoms with Gasteiger partial charge < -0.3 is 15.4 Å². The molecule has 6 heteroatoms. The van der Waals surface area contributed by atoms with Gasteiger partial charge >= 0.3 is 0 Å². The molecule has 0 fully saturated rings. The molecular weight excluding hydrogens is 364 g/mol. The average molecular weight is 390 g/mol. The number of hydrogen-bond donors (Lipinski definition) is 2. The SMILES string of the molecule is CCc1cccc(C)c1Nc1nccc(C(=O)NCCc2ccccc2OC)n1. The second kappa shape index (κ2) is 9.68. The van der Waals surface area contributed by atoms with E-state index in [-0.39, 0.29) is 5.91 Å². The second-order valence-corrected chi connectivity index (χ2v) is 6.67. The molecule has 0 bridgehead atoms. The lowest BCUT2D eigenvalue weighted by Crippen LogP contribution is -2.27. The fourth-order valence-corrected chi connectivity index (χ4v) is 3.17. The molecule has 6 nitrogen and oxygen atoms in total. The van der Waals surface area contributed by atoms with Gasteiger partial charge in [-0.15, -0.1) is 0 Å². The Morgan fingerprint density at radius 3 is 2.66 bits per heavy atom. The summed E-state index contributed by atoms with van der Waals surface area (Å²) in [6.07, 6.45) is 3.16. The van der Waals surface area contributed by atoms with Gasteiger partial charge in [-0.3, -0.25) is 4.79 Å². The van der Waals surface area contributed by atoms with Gasteiger partial charge in [-0.2, -0.15) is 0 Å². The number of nitrogens with one attached hydrogen (secondary N) is 2. The quantitative estimate of drug-likeness (QED) is 0.606. The molecule has 0 aliphatic carbocycles. The van der Waals surface area contributed by atoms with Crippen LogP contribution in [-0.2, 0) is 12.8 Å². The maximum atomic E-state index is 12.5. The highest BCUT2D eigenvalue weighted by Crippen LogP contribution is 2.23. The van der Waals surface area contributed by atoms with E-state index >= 15 is 0 Å². The Bertz CT molecular complexity index is 988. The number of aromatic nitrogens is 2. The molecule has 150 valence electrons. The van der Waals surface area contributed by atoms with Crippen molar-refractivity contribution in [2.45, 2.75) is 26.7 Å². The van der Waals surface area contributed by atoms with Gasteiger partial charge in [-0.25, -0.2) is 9.97 Å². The predicted octanol–water partition coefficient (Wildman–Crippen LogP) is 4.07. The van der Waals surface area contributed by atoms with E-state index in [2.05, 4.69) is 33.6 Å². The van der Waals surface area contributed by atoms with Crippen molar-refractivity contribution >= 4 is 17.5 Å². The number of methoxy groups -OCH3 is 1. The van der Waals surface area contributed by atoms with Crippen molar-refractivity contribution in [2.75, 3.05) is 19.0 Å². The van der Waals surface area contributed by atoms with Crippen LogP contribution in [0, 0.1) is 6.92 Å². The van der Waals surface area contributed by atoms with Crippen LogP contribution >= 0.6 is 0 Å². The summed E-state index contributed by atoms with van der Waals surface area (Å²) in [6.45, 7) is 4.63. The minimum absolute atomic E-state index is 0.231. The Morgan fingerprint density at radius 2 is 1.86 bits per heavy atom. The van der Waals surface area contributed by atoms with E-state index in [4.69, 9.17) is 4.74 Å². The van der Waals surface area contributed by atoms with Crippen LogP contribution in [0.1, 0.15) is 34.1 Å². The number of para-hydroxylation sites is 2. The number of ether oxygens (including phenoxy) is 1. The zero-order valence-electron chi connectivity index (χ0n) is 17.0. The van der Waals surface area contributed by atoms with Gasteiger partial charge in [0.05, 0.1) is 7.11 Å². The zero-order chi connectivity index (χ0) is 20.6. The molecule has 2 N–H and O–H groups in total. The van der Waals surface area contributed by atoms with Crippen molar-refractivity contribution in [3.05, 3.63) is 77.1 Å². The van der Waals surface area contributed by atoms with Crippen molar-refractivity contribution in [3.63, 3.8) is 0 Å². The highest BCUT2D eigenvalue weighted by atomic mass is 16.5. The van der Waals surface area contributed by atoms with E-state index < -0.39 is 0 Å². The van der Waals surface area contributed by atoms with E-state index in [0.29, 0.717) is 24.6 Å². The largest absolute Gasteiger partial charge is 0.496 e. The van der Waals surface area contributed by atoms with Crippen LogP contribution in [0.2, 0.25) is 0 Å². The number of rotatable bonds is 8.